The Balaban J connectivity index is 2.16. The summed E-state index contributed by atoms with van der Waals surface area (Å²) < 4.78 is 51.1. The molecule has 2 unspecified atom stereocenters. The standard InChI is InChI=1S/C14H16F4N2O/c1-8-4-5-19-7-12(8)20-13(21)9-2-3-11(15)10(6-9)14(16,17)18/h2-3,6,8,12,19H,4-5,7H2,1H3,(H,20,21). The van der Waals surface area contributed by atoms with Gasteiger partial charge in [0.05, 0.1) is 5.56 Å². The van der Waals surface area contributed by atoms with Crippen molar-refractivity contribution in [1.29, 1.82) is 0 Å². The highest BCUT2D eigenvalue weighted by Crippen LogP contribution is 2.31. The fourth-order valence-electron chi connectivity index (χ4n) is 2.32. The van der Waals surface area contributed by atoms with E-state index in [4.69, 9.17) is 0 Å². The van der Waals surface area contributed by atoms with Crippen LogP contribution in [0.5, 0.6) is 0 Å². The number of hydrogen-bond acceptors (Lipinski definition) is 2. The molecule has 1 heterocycles. The molecule has 0 bridgehead atoms. The first-order chi connectivity index (χ1) is 9.79. The smallest absolute Gasteiger partial charge is 0.348 e. The van der Waals surface area contributed by atoms with Gasteiger partial charge in [-0.2, -0.15) is 13.2 Å². The van der Waals surface area contributed by atoms with Crippen LogP contribution in [0.15, 0.2) is 18.2 Å². The Bertz CT molecular complexity index is 530. The Labute approximate surface area is 119 Å². The number of amides is 1. The summed E-state index contributed by atoms with van der Waals surface area (Å²) in [4.78, 5) is 12.0. The quantitative estimate of drug-likeness (QED) is 0.825. The van der Waals surface area contributed by atoms with Gasteiger partial charge in [0, 0.05) is 18.2 Å². The van der Waals surface area contributed by atoms with Gasteiger partial charge in [0.15, 0.2) is 0 Å². The molecule has 0 aliphatic carbocycles. The lowest BCUT2D eigenvalue weighted by atomic mass is 9.94. The molecule has 1 aliphatic heterocycles. The summed E-state index contributed by atoms with van der Waals surface area (Å²) in [6.07, 6.45) is -3.94. The van der Waals surface area contributed by atoms with Crippen LogP contribution in [0, 0.1) is 11.7 Å². The summed E-state index contributed by atoms with van der Waals surface area (Å²) in [6, 6.07) is 2.12. The van der Waals surface area contributed by atoms with Gasteiger partial charge < -0.3 is 10.6 Å². The molecule has 1 saturated heterocycles. The van der Waals surface area contributed by atoms with Crippen LogP contribution in [0.2, 0.25) is 0 Å². The van der Waals surface area contributed by atoms with E-state index >= 15 is 0 Å². The van der Waals surface area contributed by atoms with Crippen LogP contribution in [0.25, 0.3) is 0 Å². The van der Waals surface area contributed by atoms with Crippen molar-refractivity contribution in [2.24, 2.45) is 5.92 Å². The second kappa shape index (κ2) is 6.01. The van der Waals surface area contributed by atoms with E-state index in [0.717, 1.165) is 19.0 Å². The van der Waals surface area contributed by atoms with Gasteiger partial charge in [-0.25, -0.2) is 4.39 Å². The van der Waals surface area contributed by atoms with E-state index in [1.165, 1.54) is 0 Å². The lowest BCUT2D eigenvalue weighted by Crippen LogP contribution is -2.50. The summed E-state index contributed by atoms with van der Waals surface area (Å²) in [5.41, 5.74) is -1.62. The van der Waals surface area contributed by atoms with Crippen LogP contribution in [-0.4, -0.2) is 25.0 Å². The van der Waals surface area contributed by atoms with Gasteiger partial charge in [0.1, 0.15) is 5.82 Å². The van der Waals surface area contributed by atoms with E-state index in [2.05, 4.69) is 10.6 Å². The van der Waals surface area contributed by atoms with Crippen molar-refractivity contribution in [1.82, 2.24) is 10.6 Å². The van der Waals surface area contributed by atoms with Crippen molar-refractivity contribution in [3.63, 3.8) is 0 Å². The second-order valence-corrected chi connectivity index (χ2v) is 5.24. The highest BCUT2D eigenvalue weighted by atomic mass is 19.4. The number of carbonyl (C=O) groups excluding carboxylic acids is 1. The van der Waals surface area contributed by atoms with Gasteiger partial charge in [-0.15, -0.1) is 0 Å². The van der Waals surface area contributed by atoms with Crippen LogP contribution in [0.1, 0.15) is 29.3 Å². The number of halogens is 4. The van der Waals surface area contributed by atoms with Gasteiger partial charge in [-0.1, -0.05) is 6.92 Å². The second-order valence-electron chi connectivity index (χ2n) is 5.24. The van der Waals surface area contributed by atoms with Crippen molar-refractivity contribution < 1.29 is 22.4 Å². The molecule has 1 aromatic rings. The lowest BCUT2D eigenvalue weighted by molar-refractivity contribution is -0.140. The molecule has 116 valence electrons. The normalized spacial score (nSPS) is 22.9. The van der Waals surface area contributed by atoms with E-state index in [0.29, 0.717) is 18.7 Å². The first-order valence-corrected chi connectivity index (χ1v) is 6.67. The topological polar surface area (TPSA) is 41.1 Å². The number of hydrogen-bond donors (Lipinski definition) is 2. The Morgan fingerprint density at radius 1 is 1.38 bits per heavy atom. The SMILES string of the molecule is CC1CCNCC1NC(=O)c1ccc(F)c(C(F)(F)F)c1. The number of nitrogens with one attached hydrogen (secondary N) is 2. The minimum Gasteiger partial charge on any atom is -0.348 e. The molecule has 0 saturated carbocycles. The molecule has 0 radical (unpaired) electrons. The third kappa shape index (κ3) is 3.72. The van der Waals surface area contributed by atoms with E-state index in [1.807, 2.05) is 6.92 Å². The highest BCUT2D eigenvalue weighted by molar-refractivity contribution is 5.94. The number of benzene rings is 1. The van der Waals surface area contributed by atoms with Crippen LogP contribution in [0.4, 0.5) is 17.6 Å². The third-order valence-electron chi connectivity index (χ3n) is 3.68. The molecule has 1 amide bonds. The molecule has 1 aliphatic rings. The molecule has 3 nitrogen and oxygen atoms in total. The minimum atomic E-state index is -4.82. The highest BCUT2D eigenvalue weighted by Gasteiger charge is 2.35. The minimum absolute atomic E-state index is 0.148. The first-order valence-electron chi connectivity index (χ1n) is 6.67. The van der Waals surface area contributed by atoms with E-state index in [1.54, 1.807) is 0 Å². The van der Waals surface area contributed by atoms with Crippen LogP contribution in [0.3, 0.4) is 0 Å². The van der Waals surface area contributed by atoms with Crippen LogP contribution < -0.4 is 10.6 Å². The molecule has 0 aromatic heterocycles. The first kappa shape index (κ1) is 15.8. The Hall–Kier alpha value is -1.63. The summed E-state index contributed by atoms with van der Waals surface area (Å²) in [7, 11) is 0. The molecule has 7 heteroatoms. The molecular weight excluding hydrogens is 288 g/mol. The average Bonchev–Trinajstić information content (AvgIpc) is 2.40. The van der Waals surface area contributed by atoms with Gasteiger partial charge in [-0.05, 0) is 37.1 Å². The lowest BCUT2D eigenvalue weighted by Gasteiger charge is -2.30. The molecule has 21 heavy (non-hydrogen) atoms. The Kier molecular flexibility index (Phi) is 4.51. The van der Waals surface area contributed by atoms with Crippen LogP contribution in [-0.2, 0) is 6.18 Å². The van der Waals surface area contributed by atoms with E-state index in [9.17, 15) is 22.4 Å². The Morgan fingerprint density at radius 2 is 2.10 bits per heavy atom. The Morgan fingerprint density at radius 3 is 2.71 bits per heavy atom. The summed E-state index contributed by atoms with van der Waals surface area (Å²) >= 11 is 0. The maximum atomic E-state index is 13.2. The van der Waals surface area contributed by atoms with Crippen molar-refractivity contribution in [3.05, 3.63) is 35.1 Å². The number of carbonyl (C=O) groups is 1. The number of rotatable bonds is 2. The fraction of sp³-hybridized carbons (Fsp3) is 0.500. The predicted octanol–water partition coefficient (Wildman–Crippen LogP) is 2.57. The molecule has 1 fully saturated rings. The molecule has 0 spiro atoms. The van der Waals surface area contributed by atoms with Crippen molar-refractivity contribution >= 4 is 5.91 Å². The predicted molar refractivity (Wildman–Crippen MR) is 69.3 cm³/mol. The van der Waals surface area contributed by atoms with Crippen molar-refractivity contribution in [3.8, 4) is 0 Å². The monoisotopic (exact) mass is 304 g/mol. The van der Waals surface area contributed by atoms with E-state index < -0.39 is 23.5 Å². The largest absolute Gasteiger partial charge is 0.419 e. The van der Waals surface area contributed by atoms with Gasteiger partial charge in [0.2, 0.25) is 0 Å². The number of piperidine rings is 1. The van der Waals surface area contributed by atoms with E-state index in [-0.39, 0.29) is 17.5 Å². The fourth-order valence-corrected chi connectivity index (χ4v) is 2.32. The maximum absolute atomic E-state index is 13.2. The molecular formula is C14H16F4N2O. The zero-order valence-corrected chi connectivity index (χ0v) is 11.4. The maximum Gasteiger partial charge on any atom is 0.419 e. The molecule has 2 N–H and O–H groups in total. The van der Waals surface area contributed by atoms with Crippen LogP contribution >= 0.6 is 0 Å². The third-order valence-corrected chi connectivity index (χ3v) is 3.68. The van der Waals surface area contributed by atoms with Crippen molar-refractivity contribution in [2.75, 3.05) is 13.1 Å². The average molecular weight is 304 g/mol. The summed E-state index contributed by atoms with van der Waals surface area (Å²) in [5, 5.41) is 5.80. The zero-order chi connectivity index (χ0) is 15.6. The molecule has 1 aromatic carbocycles. The van der Waals surface area contributed by atoms with Crippen molar-refractivity contribution in [2.45, 2.75) is 25.6 Å². The van der Waals surface area contributed by atoms with Gasteiger partial charge in [-0.3, -0.25) is 4.79 Å². The number of alkyl halides is 3. The zero-order valence-electron chi connectivity index (χ0n) is 11.4. The summed E-state index contributed by atoms with van der Waals surface area (Å²) in [6.45, 7) is 3.39. The summed E-state index contributed by atoms with van der Waals surface area (Å²) in [5.74, 6) is -1.77. The van der Waals surface area contributed by atoms with Gasteiger partial charge >= 0.3 is 6.18 Å². The van der Waals surface area contributed by atoms with Gasteiger partial charge in [0.25, 0.3) is 5.91 Å². The molecule has 2 rings (SSSR count). The molecule has 2 atom stereocenters.